The highest BCUT2D eigenvalue weighted by Crippen LogP contribution is 2.34. The van der Waals surface area contributed by atoms with Gasteiger partial charge < -0.3 is 9.45 Å². The molecule has 2 nitrogen and oxygen atoms in total. The molecule has 0 aromatic heterocycles. The number of piperidine rings is 1. The summed E-state index contributed by atoms with van der Waals surface area (Å²) in [4.78, 5) is 3.19. The van der Waals surface area contributed by atoms with Gasteiger partial charge in [-0.05, 0) is 72.8 Å². The van der Waals surface area contributed by atoms with Crippen LogP contribution in [0.1, 0.15) is 35.4 Å². The number of para-hydroxylation sites is 1. The average Bonchev–Trinajstić information content (AvgIpc) is 2.75. The second-order valence-electron chi connectivity index (χ2n) is 7.86. The number of hydrogen-bond acceptors (Lipinski definition) is 2. The van der Waals surface area contributed by atoms with Gasteiger partial charge in [0.1, 0.15) is 11.6 Å². The number of benzene rings is 3. The van der Waals surface area contributed by atoms with Crippen molar-refractivity contribution in [2.45, 2.75) is 36.3 Å². The van der Waals surface area contributed by atoms with E-state index in [1.54, 1.807) is 6.07 Å². The second-order valence-corrected chi connectivity index (χ2v) is 9.75. The summed E-state index contributed by atoms with van der Waals surface area (Å²) in [5.41, 5.74) is 4.14. The van der Waals surface area contributed by atoms with Crippen molar-refractivity contribution in [2.24, 2.45) is 0 Å². The van der Waals surface area contributed by atoms with Crippen molar-refractivity contribution in [3.8, 4) is 0 Å². The lowest BCUT2D eigenvalue weighted by Crippen LogP contribution is -2.34. The van der Waals surface area contributed by atoms with Gasteiger partial charge in [-0.15, -0.1) is 0 Å². The minimum atomic E-state index is -1.09. The van der Waals surface area contributed by atoms with Gasteiger partial charge in [-0.1, -0.05) is 53.6 Å². The largest absolute Gasteiger partial charge is 0.611 e. The van der Waals surface area contributed by atoms with E-state index in [9.17, 15) is 8.94 Å². The van der Waals surface area contributed by atoms with Crippen molar-refractivity contribution in [3.63, 3.8) is 0 Å². The topological polar surface area (TPSA) is 26.3 Å². The van der Waals surface area contributed by atoms with Gasteiger partial charge in [-0.2, -0.15) is 0 Å². The van der Waals surface area contributed by atoms with Crippen LogP contribution < -0.4 is 4.90 Å². The van der Waals surface area contributed by atoms with Gasteiger partial charge in [0.2, 0.25) is 0 Å². The molecule has 0 spiro atoms. The first-order valence-corrected chi connectivity index (χ1v) is 11.9. The molecule has 1 saturated heterocycles. The van der Waals surface area contributed by atoms with E-state index in [-0.39, 0.29) is 11.7 Å². The van der Waals surface area contributed by atoms with Crippen LogP contribution in [0.2, 0.25) is 5.02 Å². The highest BCUT2D eigenvalue weighted by atomic mass is 35.5. The summed E-state index contributed by atoms with van der Waals surface area (Å²) in [7, 11) is 0. The molecular formula is C25H25ClFNOS. The zero-order valence-electron chi connectivity index (χ0n) is 17.0. The molecule has 3 aromatic rings. The van der Waals surface area contributed by atoms with Gasteiger partial charge in [0.15, 0.2) is 4.90 Å². The molecule has 1 aliphatic heterocycles. The van der Waals surface area contributed by atoms with E-state index < -0.39 is 11.2 Å². The first-order chi connectivity index (χ1) is 14.5. The van der Waals surface area contributed by atoms with Crippen molar-refractivity contribution in [1.82, 2.24) is 0 Å². The molecule has 30 heavy (non-hydrogen) atoms. The monoisotopic (exact) mass is 441 g/mol. The Labute approximate surface area is 185 Å². The standard InChI is InChI=1S/C25H25ClFNOS/c1-18-6-9-22(10-7-18)30(29)17-20-4-2-3-5-25(20)28-14-12-19(13-15-28)23-11-8-21(26)16-24(23)27/h2-11,16,19H,12-15,17H2,1H3. The zero-order chi connectivity index (χ0) is 21.1. The molecule has 1 fully saturated rings. The van der Waals surface area contributed by atoms with Crippen LogP contribution in [-0.4, -0.2) is 17.6 Å². The van der Waals surface area contributed by atoms with Crippen LogP contribution in [0, 0.1) is 12.7 Å². The lowest BCUT2D eigenvalue weighted by molar-refractivity contribution is 0.481. The van der Waals surface area contributed by atoms with E-state index in [0.717, 1.165) is 53.2 Å². The minimum Gasteiger partial charge on any atom is -0.611 e. The van der Waals surface area contributed by atoms with Crippen LogP contribution >= 0.6 is 11.6 Å². The molecule has 156 valence electrons. The van der Waals surface area contributed by atoms with Gasteiger partial charge in [-0.3, -0.25) is 0 Å². The normalized spacial score (nSPS) is 15.9. The number of nitrogens with zero attached hydrogens (tertiary/aromatic N) is 1. The maximum Gasteiger partial charge on any atom is 0.153 e. The predicted octanol–water partition coefficient (Wildman–Crippen LogP) is 6.48. The number of aryl methyl sites for hydroxylation is 1. The van der Waals surface area contributed by atoms with E-state index in [0.29, 0.717) is 10.8 Å². The third-order valence-corrected chi connectivity index (χ3v) is 7.41. The predicted molar refractivity (Wildman–Crippen MR) is 123 cm³/mol. The van der Waals surface area contributed by atoms with Crippen LogP contribution in [0.15, 0.2) is 71.6 Å². The van der Waals surface area contributed by atoms with Crippen LogP contribution in [0.5, 0.6) is 0 Å². The Morgan fingerprint density at radius 1 is 1.03 bits per heavy atom. The summed E-state index contributed by atoms with van der Waals surface area (Å²) in [6, 6.07) is 21.1. The third kappa shape index (κ3) is 4.83. The van der Waals surface area contributed by atoms with Crippen molar-refractivity contribution in [2.75, 3.05) is 18.0 Å². The SMILES string of the molecule is Cc1ccc([S+]([O-])Cc2ccccc2N2CCC(c3ccc(Cl)cc3F)CC2)cc1. The highest BCUT2D eigenvalue weighted by Gasteiger charge is 2.25. The lowest BCUT2D eigenvalue weighted by Gasteiger charge is -2.35. The molecule has 4 rings (SSSR count). The maximum atomic E-state index is 14.3. The van der Waals surface area contributed by atoms with Gasteiger partial charge in [0.25, 0.3) is 0 Å². The maximum absolute atomic E-state index is 14.3. The molecule has 0 aliphatic carbocycles. The summed E-state index contributed by atoms with van der Waals surface area (Å²) in [6.45, 7) is 3.73. The van der Waals surface area contributed by atoms with Crippen LogP contribution in [0.3, 0.4) is 0 Å². The van der Waals surface area contributed by atoms with Gasteiger partial charge in [-0.25, -0.2) is 4.39 Å². The van der Waals surface area contributed by atoms with Crippen LogP contribution in [0.4, 0.5) is 10.1 Å². The molecule has 0 saturated carbocycles. The molecule has 0 amide bonds. The molecule has 5 heteroatoms. The Morgan fingerprint density at radius 3 is 2.43 bits per heavy atom. The van der Waals surface area contributed by atoms with Crippen molar-refractivity contribution < 1.29 is 8.94 Å². The zero-order valence-corrected chi connectivity index (χ0v) is 18.6. The Kier molecular flexibility index (Phi) is 6.67. The number of anilines is 1. The summed E-state index contributed by atoms with van der Waals surface area (Å²) < 4.78 is 27.2. The molecule has 1 atom stereocenters. The minimum absolute atomic E-state index is 0.201. The molecule has 0 radical (unpaired) electrons. The van der Waals surface area contributed by atoms with Crippen LogP contribution in [0.25, 0.3) is 0 Å². The van der Waals surface area contributed by atoms with Gasteiger partial charge >= 0.3 is 0 Å². The first kappa shape index (κ1) is 21.2. The fourth-order valence-corrected chi connectivity index (χ4v) is 5.41. The Bertz CT molecular complexity index is 1000. The molecule has 1 aliphatic rings. The Morgan fingerprint density at radius 2 is 1.73 bits per heavy atom. The summed E-state index contributed by atoms with van der Waals surface area (Å²) >= 11 is 4.81. The number of rotatable bonds is 5. The van der Waals surface area contributed by atoms with Crippen molar-refractivity contribution in [3.05, 3.63) is 94.3 Å². The summed E-state index contributed by atoms with van der Waals surface area (Å²) in [5, 5.41) is 0.434. The molecule has 3 aromatic carbocycles. The molecule has 1 heterocycles. The van der Waals surface area contributed by atoms with Crippen molar-refractivity contribution in [1.29, 1.82) is 0 Å². The fraction of sp³-hybridized carbons (Fsp3) is 0.280. The van der Waals surface area contributed by atoms with Crippen LogP contribution in [-0.2, 0) is 16.9 Å². The first-order valence-electron chi connectivity index (χ1n) is 10.2. The van der Waals surface area contributed by atoms with E-state index in [2.05, 4.69) is 17.0 Å². The third-order valence-electron chi connectivity index (χ3n) is 5.80. The smallest absolute Gasteiger partial charge is 0.153 e. The molecule has 1 unspecified atom stereocenters. The lowest BCUT2D eigenvalue weighted by atomic mass is 9.88. The van der Waals surface area contributed by atoms with E-state index in [1.807, 2.05) is 49.4 Å². The Balaban J connectivity index is 1.46. The van der Waals surface area contributed by atoms with Gasteiger partial charge in [0.05, 0.1) is 0 Å². The van der Waals surface area contributed by atoms with E-state index in [1.165, 1.54) is 6.07 Å². The second kappa shape index (κ2) is 9.42. The molecule has 0 N–H and O–H groups in total. The quantitative estimate of drug-likeness (QED) is 0.423. The number of hydrogen-bond donors (Lipinski definition) is 0. The Hall–Kier alpha value is -2.01. The summed E-state index contributed by atoms with van der Waals surface area (Å²) in [5.74, 6) is 0.479. The van der Waals surface area contributed by atoms with E-state index in [4.69, 9.17) is 11.6 Å². The summed E-state index contributed by atoms with van der Waals surface area (Å²) in [6.07, 6.45) is 1.77. The molecule has 0 bridgehead atoms. The van der Waals surface area contributed by atoms with E-state index >= 15 is 0 Å². The fourth-order valence-electron chi connectivity index (χ4n) is 4.12. The van der Waals surface area contributed by atoms with Crippen molar-refractivity contribution >= 4 is 28.5 Å². The average molecular weight is 442 g/mol. The molecular weight excluding hydrogens is 417 g/mol. The van der Waals surface area contributed by atoms with Gasteiger partial charge in [0, 0.05) is 29.4 Å². The number of halogens is 2. The highest BCUT2D eigenvalue weighted by molar-refractivity contribution is 7.90.